The zero-order chi connectivity index (χ0) is 10.5. The van der Waals surface area contributed by atoms with Gasteiger partial charge in [0.25, 0.3) is 0 Å². The molecule has 0 amide bonds. The summed E-state index contributed by atoms with van der Waals surface area (Å²) in [6, 6.07) is 0. The molecule has 0 aliphatic carbocycles. The summed E-state index contributed by atoms with van der Waals surface area (Å²) >= 11 is 0. The zero-order valence-corrected chi connectivity index (χ0v) is 13.0. The van der Waals surface area contributed by atoms with Gasteiger partial charge in [0.05, 0.1) is 21.5 Å². The van der Waals surface area contributed by atoms with E-state index in [1.807, 2.05) is 6.92 Å². The minimum Gasteiger partial charge on any atom is -0.748 e. The first-order valence-corrected chi connectivity index (χ1v) is 6.01. The van der Waals surface area contributed by atoms with Crippen molar-refractivity contribution in [1.82, 2.24) is 0 Å². The predicted octanol–water partition coefficient (Wildman–Crippen LogP) is -2.13. The molecule has 0 saturated heterocycles. The molecule has 2 atom stereocenters. The summed E-state index contributed by atoms with van der Waals surface area (Å²) in [5, 5.41) is 8.37. The Bertz CT molecular complexity index is 227. The maximum Gasteiger partial charge on any atom is 1.00 e. The van der Waals surface area contributed by atoms with Gasteiger partial charge in [-0.25, -0.2) is 8.42 Å². The minimum atomic E-state index is -4.24. The Kier molecular flexibility index (Phi) is 11.0. The smallest absolute Gasteiger partial charge is 0.748 e. The van der Waals surface area contributed by atoms with Gasteiger partial charge in [0.2, 0.25) is 0 Å². The first-order valence-electron chi connectivity index (χ1n) is 4.54. The van der Waals surface area contributed by atoms with Crippen molar-refractivity contribution in [2.45, 2.75) is 50.9 Å². The monoisotopic (exact) mass is 248 g/mol. The second-order valence-corrected chi connectivity index (χ2v) is 4.85. The Balaban J connectivity index is 0. The summed E-state index contributed by atoms with van der Waals surface area (Å²) < 4.78 is 31.9. The van der Waals surface area contributed by atoms with E-state index in [4.69, 9.17) is 0 Å². The van der Waals surface area contributed by atoms with Gasteiger partial charge in [0.1, 0.15) is 0 Å². The molecule has 80 valence electrons. The Labute approximate surface area is 129 Å². The van der Waals surface area contributed by atoms with Crippen LogP contribution < -0.4 is 51.4 Å². The van der Waals surface area contributed by atoms with Crippen molar-refractivity contribution < 1.29 is 69.5 Å². The SMILES string of the molecule is CCCC(O)CC(CC)S(=O)(=O)[O-].[K+]. The summed E-state index contributed by atoms with van der Waals surface area (Å²) in [6.45, 7) is 3.54. The van der Waals surface area contributed by atoms with Gasteiger partial charge in [-0.15, -0.1) is 0 Å². The quantitative estimate of drug-likeness (QED) is 0.430. The first kappa shape index (κ1) is 17.9. The van der Waals surface area contributed by atoms with E-state index in [0.29, 0.717) is 6.42 Å². The van der Waals surface area contributed by atoms with Crippen LogP contribution in [0, 0.1) is 0 Å². The Morgan fingerprint density at radius 2 is 1.86 bits per heavy atom. The molecule has 0 rings (SSSR count). The van der Waals surface area contributed by atoms with E-state index >= 15 is 0 Å². The summed E-state index contributed by atoms with van der Waals surface area (Å²) in [4.78, 5) is 0. The van der Waals surface area contributed by atoms with Crippen molar-refractivity contribution in [1.29, 1.82) is 0 Å². The summed E-state index contributed by atoms with van der Waals surface area (Å²) in [6.07, 6.45) is 1.00. The Morgan fingerprint density at radius 1 is 1.36 bits per heavy atom. The van der Waals surface area contributed by atoms with Crippen LogP contribution in [0.15, 0.2) is 0 Å². The van der Waals surface area contributed by atoms with Gasteiger partial charge >= 0.3 is 51.4 Å². The van der Waals surface area contributed by atoms with Crippen LogP contribution in [0.25, 0.3) is 0 Å². The first-order chi connectivity index (χ1) is 5.91. The van der Waals surface area contributed by atoms with Crippen molar-refractivity contribution in [3.05, 3.63) is 0 Å². The molecule has 2 unspecified atom stereocenters. The summed E-state index contributed by atoms with van der Waals surface area (Å²) in [5.41, 5.74) is 0. The van der Waals surface area contributed by atoms with E-state index in [1.165, 1.54) is 0 Å². The van der Waals surface area contributed by atoms with Gasteiger partial charge in [-0.1, -0.05) is 20.3 Å². The van der Waals surface area contributed by atoms with Crippen molar-refractivity contribution in [2.24, 2.45) is 0 Å². The van der Waals surface area contributed by atoms with E-state index in [0.717, 1.165) is 6.42 Å². The molecular weight excluding hydrogens is 231 g/mol. The van der Waals surface area contributed by atoms with Gasteiger partial charge < -0.3 is 9.66 Å². The molecule has 6 heteroatoms. The van der Waals surface area contributed by atoms with Gasteiger partial charge in [-0.3, -0.25) is 0 Å². The third-order valence-corrected chi connectivity index (χ3v) is 3.36. The number of hydrogen-bond donors (Lipinski definition) is 1. The standard InChI is InChI=1S/C8H18O4S.K/c1-3-5-7(9)6-8(4-2)13(10,11)12;/h7-9H,3-6H2,1-2H3,(H,10,11,12);/q;+1/p-1. The van der Waals surface area contributed by atoms with Crippen LogP contribution in [-0.4, -0.2) is 29.4 Å². The van der Waals surface area contributed by atoms with Crippen LogP contribution >= 0.6 is 0 Å². The third-order valence-electron chi connectivity index (χ3n) is 2.02. The minimum absolute atomic E-state index is 0. The molecule has 0 aromatic heterocycles. The average molecular weight is 248 g/mol. The molecule has 0 aromatic carbocycles. The maximum atomic E-state index is 10.6. The fourth-order valence-corrected chi connectivity index (χ4v) is 2.11. The van der Waals surface area contributed by atoms with Crippen LogP contribution in [0.3, 0.4) is 0 Å². The number of hydrogen-bond acceptors (Lipinski definition) is 4. The topological polar surface area (TPSA) is 77.4 Å². The van der Waals surface area contributed by atoms with E-state index < -0.39 is 21.5 Å². The predicted molar refractivity (Wildman–Crippen MR) is 49.3 cm³/mol. The molecule has 0 aliphatic heterocycles. The third kappa shape index (κ3) is 7.75. The molecule has 0 saturated carbocycles. The molecule has 0 spiro atoms. The zero-order valence-electron chi connectivity index (χ0n) is 9.06. The van der Waals surface area contributed by atoms with Crippen LogP contribution in [0.4, 0.5) is 0 Å². The Morgan fingerprint density at radius 3 is 2.14 bits per heavy atom. The Hall–Kier alpha value is 1.51. The fraction of sp³-hybridized carbons (Fsp3) is 1.00. The molecule has 0 fully saturated rings. The van der Waals surface area contributed by atoms with Crippen molar-refractivity contribution in [2.75, 3.05) is 0 Å². The second-order valence-electron chi connectivity index (χ2n) is 3.20. The second kappa shape index (κ2) is 8.63. The van der Waals surface area contributed by atoms with Gasteiger partial charge in [0, 0.05) is 0 Å². The van der Waals surface area contributed by atoms with E-state index in [-0.39, 0.29) is 64.2 Å². The maximum absolute atomic E-state index is 10.6. The molecule has 0 heterocycles. The number of rotatable bonds is 6. The fourth-order valence-electron chi connectivity index (χ4n) is 1.24. The average Bonchev–Trinajstić information content (AvgIpc) is 1.98. The van der Waals surface area contributed by atoms with E-state index in [1.54, 1.807) is 6.92 Å². The van der Waals surface area contributed by atoms with Gasteiger partial charge in [-0.05, 0) is 19.3 Å². The largest absolute Gasteiger partial charge is 1.00 e. The van der Waals surface area contributed by atoms with Crippen molar-refractivity contribution in [3.63, 3.8) is 0 Å². The molecule has 14 heavy (non-hydrogen) atoms. The van der Waals surface area contributed by atoms with Crippen LogP contribution in [0.1, 0.15) is 39.5 Å². The van der Waals surface area contributed by atoms with Gasteiger partial charge in [0.15, 0.2) is 0 Å². The van der Waals surface area contributed by atoms with Crippen LogP contribution in [0.2, 0.25) is 0 Å². The van der Waals surface area contributed by atoms with Crippen molar-refractivity contribution in [3.8, 4) is 0 Å². The van der Waals surface area contributed by atoms with Crippen molar-refractivity contribution >= 4 is 10.1 Å². The van der Waals surface area contributed by atoms with Crippen LogP contribution in [-0.2, 0) is 10.1 Å². The van der Waals surface area contributed by atoms with E-state index in [2.05, 4.69) is 0 Å². The molecule has 0 bridgehead atoms. The summed E-state index contributed by atoms with van der Waals surface area (Å²) in [5.74, 6) is 0. The molecule has 0 aliphatic rings. The van der Waals surface area contributed by atoms with Gasteiger partial charge in [-0.2, -0.15) is 0 Å². The van der Waals surface area contributed by atoms with Crippen LogP contribution in [0.5, 0.6) is 0 Å². The normalized spacial score (nSPS) is 15.7. The molecule has 4 nitrogen and oxygen atoms in total. The summed E-state index contributed by atoms with van der Waals surface area (Å²) in [7, 11) is -4.24. The molecule has 0 radical (unpaired) electrons. The van der Waals surface area contributed by atoms with E-state index in [9.17, 15) is 18.1 Å². The number of aliphatic hydroxyl groups is 1. The molecular formula is C8H17KO4S. The number of aliphatic hydroxyl groups excluding tert-OH is 1. The molecule has 1 N–H and O–H groups in total. The molecule has 0 aromatic rings.